The highest BCUT2D eigenvalue weighted by Crippen LogP contribution is 2.26. The van der Waals surface area contributed by atoms with Crippen LogP contribution in [-0.4, -0.2) is 38.3 Å². The summed E-state index contributed by atoms with van der Waals surface area (Å²) in [6.45, 7) is 5.36. The van der Waals surface area contributed by atoms with E-state index in [-0.39, 0.29) is 23.7 Å². The molecule has 110 valence electrons. The third kappa shape index (κ3) is 4.09. The van der Waals surface area contributed by atoms with Gasteiger partial charge in [-0.2, -0.15) is 0 Å². The van der Waals surface area contributed by atoms with Gasteiger partial charge in [-0.15, -0.1) is 6.58 Å². The Morgan fingerprint density at radius 3 is 2.60 bits per heavy atom. The monoisotopic (exact) mass is 297 g/mol. The van der Waals surface area contributed by atoms with Crippen molar-refractivity contribution in [2.45, 2.75) is 18.2 Å². The summed E-state index contributed by atoms with van der Waals surface area (Å²) >= 11 is 0. The predicted molar refractivity (Wildman–Crippen MR) is 78.8 cm³/mol. The van der Waals surface area contributed by atoms with Crippen LogP contribution < -0.4 is 4.90 Å². The highest BCUT2D eigenvalue weighted by atomic mass is 32.2. The molecule has 0 bridgehead atoms. The van der Waals surface area contributed by atoms with Crippen LogP contribution in [0.1, 0.15) is 13.3 Å². The largest absolute Gasteiger partial charge is 0.480 e. The summed E-state index contributed by atoms with van der Waals surface area (Å²) in [6.07, 6.45) is 2.06. The van der Waals surface area contributed by atoms with Crippen LogP contribution in [0.15, 0.2) is 41.8 Å². The zero-order valence-corrected chi connectivity index (χ0v) is 12.3. The van der Waals surface area contributed by atoms with Crippen molar-refractivity contribution in [1.29, 1.82) is 0 Å². The van der Waals surface area contributed by atoms with Crippen molar-refractivity contribution in [3.05, 3.63) is 36.9 Å². The van der Waals surface area contributed by atoms with Gasteiger partial charge in [0.15, 0.2) is 9.84 Å². The summed E-state index contributed by atoms with van der Waals surface area (Å²) in [5, 5.41) is 8.94. The lowest BCUT2D eigenvalue weighted by molar-refractivity contribution is -0.135. The third-order valence-electron chi connectivity index (χ3n) is 2.69. The van der Waals surface area contributed by atoms with Crippen LogP contribution in [0.25, 0.3) is 0 Å². The number of aliphatic carboxylic acids is 1. The number of nitrogens with zero attached hydrogens (tertiary/aromatic N) is 1. The van der Waals surface area contributed by atoms with E-state index in [1.165, 1.54) is 11.0 Å². The van der Waals surface area contributed by atoms with Gasteiger partial charge in [0.2, 0.25) is 0 Å². The fourth-order valence-electron chi connectivity index (χ4n) is 1.93. The van der Waals surface area contributed by atoms with Gasteiger partial charge in [-0.3, -0.25) is 4.79 Å². The molecule has 5 nitrogen and oxygen atoms in total. The van der Waals surface area contributed by atoms with Crippen molar-refractivity contribution >= 4 is 21.5 Å². The average Bonchev–Trinajstić information content (AvgIpc) is 2.38. The Hall–Kier alpha value is -1.82. The maximum absolute atomic E-state index is 12.2. The van der Waals surface area contributed by atoms with E-state index < -0.39 is 15.8 Å². The van der Waals surface area contributed by atoms with Crippen molar-refractivity contribution in [3.63, 3.8) is 0 Å². The van der Waals surface area contributed by atoms with E-state index in [1.807, 2.05) is 0 Å². The topological polar surface area (TPSA) is 74.7 Å². The van der Waals surface area contributed by atoms with E-state index in [9.17, 15) is 13.2 Å². The first kappa shape index (κ1) is 16.2. The zero-order chi connectivity index (χ0) is 15.2. The van der Waals surface area contributed by atoms with Crippen LogP contribution in [0.2, 0.25) is 0 Å². The quantitative estimate of drug-likeness (QED) is 0.742. The fraction of sp³-hybridized carbons (Fsp3) is 0.357. The first-order chi connectivity index (χ1) is 9.42. The number of carboxylic acid groups (broad SMARTS) is 1. The molecule has 0 fully saturated rings. The number of rotatable bonds is 8. The Balaban J connectivity index is 3.28. The molecule has 6 heteroatoms. The number of carbonyl (C=O) groups is 1. The van der Waals surface area contributed by atoms with Gasteiger partial charge >= 0.3 is 5.97 Å². The van der Waals surface area contributed by atoms with Crippen LogP contribution >= 0.6 is 0 Å². The molecule has 20 heavy (non-hydrogen) atoms. The molecule has 0 aromatic heterocycles. The number of hydrogen-bond acceptors (Lipinski definition) is 4. The third-order valence-corrected chi connectivity index (χ3v) is 4.65. The van der Waals surface area contributed by atoms with E-state index in [0.29, 0.717) is 12.1 Å². The summed E-state index contributed by atoms with van der Waals surface area (Å²) in [4.78, 5) is 12.6. The van der Waals surface area contributed by atoms with Crippen molar-refractivity contribution in [3.8, 4) is 0 Å². The Morgan fingerprint density at radius 1 is 1.40 bits per heavy atom. The molecule has 0 heterocycles. The van der Waals surface area contributed by atoms with Gasteiger partial charge in [-0.05, 0) is 18.6 Å². The summed E-state index contributed by atoms with van der Waals surface area (Å²) in [7, 11) is -3.41. The molecule has 0 aliphatic rings. The van der Waals surface area contributed by atoms with Crippen LogP contribution in [0, 0.1) is 0 Å². The second kappa shape index (κ2) is 7.09. The minimum absolute atomic E-state index is 0.0407. The van der Waals surface area contributed by atoms with Crippen molar-refractivity contribution in [1.82, 2.24) is 0 Å². The van der Waals surface area contributed by atoms with Gasteiger partial charge in [0.05, 0.1) is 16.3 Å². The van der Waals surface area contributed by atoms with Gasteiger partial charge in [-0.1, -0.05) is 25.1 Å². The van der Waals surface area contributed by atoms with Gasteiger partial charge in [-0.25, -0.2) is 8.42 Å². The Bertz CT molecular complexity index is 581. The van der Waals surface area contributed by atoms with Crippen LogP contribution in [0.4, 0.5) is 5.69 Å². The molecule has 0 radical (unpaired) electrons. The smallest absolute Gasteiger partial charge is 0.323 e. The van der Waals surface area contributed by atoms with Crippen LogP contribution in [0.5, 0.6) is 0 Å². The molecule has 0 aliphatic carbocycles. The van der Waals surface area contributed by atoms with Crippen LogP contribution in [0.3, 0.4) is 0 Å². The van der Waals surface area contributed by atoms with Crippen LogP contribution in [-0.2, 0) is 14.6 Å². The SMILES string of the molecule is C=CCN(CC(=O)O)c1ccccc1S(=O)(=O)CCC. The number of hydrogen-bond donors (Lipinski definition) is 1. The van der Waals surface area contributed by atoms with E-state index in [2.05, 4.69) is 6.58 Å². The number of sulfone groups is 1. The second-order valence-electron chi connectivity index (χ2n) is 4.35. The minimum Gasteiger partial charge on any atom is -0.480 e. The van der Waals surface area contributed by atoms with E-state index in [0.717, 1.165) is 0 Å². The first-order valence-corrected chi connectivity index (χ1v) is 7.97. The van der Waals surface area contributed by atoms with Gasteiger partial charge < -0.3 is 10.0 Å². The van der Waals surface area contributed by atoms with E-state index in [4.69, 9.17) is 5.11 Å². The number of benzene rings is 1. The fourth-order valence-corrected chi connectivity index (χ4v) is 3.49. The molecule has 0 spiro atoms. The standard InChI is InChI=1S/C14H19NO4S/c1-3-9-15(11-14(16)17)12-7-5-6-8-13(12)20(18,19)10-4-2/h3,5-8H,1,4,9-11H2,2H3,(H,16,17). The van der Waals surface area contributed by atoms with Crippen molar-refractivity contribution < 1.29 is 18.3 Å². The van der Waals surface area contributed by atoms with Crippen molar-refractivity contribution in [2.75, 3.05) is 23.7 Å². The molecule has 1 rings (SSSR count). The predicted octanol–water partition coefficient (Wildman–Crippen LogP) is 1.95. The summed E-state index contributed by atoms with van der Waals surface area (Å²) in [5.41, 5.74) is 0.406. The van der Waals surface area contributed by atoms with Gasteiger partial charge in [0.1, 0.15) is 6.54 Å². The average molecular weight is 297 g/mol. The lowest BCUT2D eigenvalue weighted by Gasteiger charge is -2.23. The molecule has 0 saturated heterocycles. The Labute approximate surface area is 119 Å². The highest BCUT2D eigenvalue weighted by molar-refractivity contribution is 7.91. The van der Waals surface area contributed by atoms with E-state index in [1.54, 1.807) is 31.2 Å². The van der Waals surface area contributed by atoms with Crippen molar-refractivity contribution in [2.24, 2.45) is 0 Å². The molecule has 0 saturated carbocycles. The summed E-state index contributed by atoms with van der Waals surface area (Å²) in [6, 6.07) is 6.46. The molecule has 0 amide bonds. The maximum Gasteiger partial charge on any atom is 0.323 e. The maximum atomic E-state index is 12.2. The van der Waals surface area contributed by atoms with Gasteiger partial charge in [0, 0.05) is 6.54 Å². The lowest BCUT2D eigenvalue weighted by Crippen LogP contribution is -2.31. The molecular weight excluding hydrogens is 278 g/mol. The number of anilines is 1. The lowest BCUT2D eigenvalue weighted by atomic mass is 10.3. The second-order valence-corrected chi connectivity index (χ2v) is 6.43. The normalized spacial score (nSPS) is 11.1. The number of carboxylic acids is 1. The summed E-state index contributed by atoms with van der Waals surface area (Å²) < 4.78 is 24.5. The molecule has 1 aromatic carbocycles. The van der Waals surface area contributed by atoms with Gasteiger partial charge in [0.25, 0.3) is 0 Å². The molecular formula is C14H19NO4S. The first-order valence-electron chi connectivity index (χ1n) is 6.31. The molecule has 1 N–H and O–H groups in total. The molecule has 0 unspecified atom stereocenters. The molecule has 1 aromatic rings. The Kier molecular flexibility index (Phi) is 5.76. The molecule has 0 aliphatic heterocycles. The minimum atomic E-state index is -3.41. The number of para-hydroxylation sites is 1. The summed E-state index contributed by atoms with van der Waals surface area (Å²) in [5.74, 6) is -0.978. The zero-order valence-electron chi connectivity index (χ0n) is 11.4. The Morgan fingerprint density at radius 2 is 2.05 bits per heavy atom. The molecule has 0 atom stereocenters. The van der Waals surface area contributed by atoms with E-state index >= 15 is 0 Å². The highest BCUT2D eigenvalue weighted by Gasteiger charge is 2.21.